The first kappa shape index (κ1) is 23.9. The smallest absolute Gasteiger partial charge is 0.269 e. The Morgan fingerprint density at radius 2 is 1.97 bits per heavy atom. The van der Waals surface area contributed by atoms with Crippen molar-refractivity contribution in [3.63, 3.8) is 0 Å². The van der Waals surface area contributed by atoms with E-state index in [2.05, 4.69) is 20.1 Å². The Hall–Kier alpha value is -3.85. The lowest BCUT2D eigenvalue weighted by atomic mass is 9.83. The molecule has 36 heavy (non-hydrogen) atoms. The number of amides is 1. The molecule has 1 N–H and O–H groups in total. The van der Waals surface area contributed by atoms with Gasteiger partial charge in [-0.05, 0) is 47.9 Å². The number of rotatable bonds is 7. The minimum atomic E-state index is -0.394. The van der Waals surface area contributed by atoms with E-state index in [9.17, 15) is 19.3 Å². The SMILES string of the molecule is O=C(NCCc1ccccn1)[C@@H]1Cc2cc([N+](=O)[O-])ccc2N2CCN(Cc3ccc(F)cc3)C[C@@H]12. The first-order valence-electron chi connectivity index (χ1n) is 12.2. The Kier molecular flexibility index (Phi) is 6.90. The highest BCUT2D eigenvalue weighted by atomic mass is 19.1. The summed E-state index contributed by atoms with van der Waals surface area (Å²) in [5.41, 5.74) is 3.76. The van der Waals surface area contributed by atoms with Crippen molar-refractivity contribution in [1.29, 1.82) is 0 Å². The number of hydrogen-bond donors (Lipinski definition) is 1. The average molecular weight is 490 g/mol. The van der Waals surface area contributed by atoms with Gasteiger partial charge in [0.05, 0.1) is 16.9 Å². The van der Waals surface area contributed by atoms with E-state index >= 15 is 0 Å². The van der Waals surface area contributed by atoms with Gasteiger partial charge in [0.25, 0.3) is 5.69 Å². The van der Waals surface area contributed by atoms with Crippen LogP contribution in [0.5, 0.6) is 0 Å². The number of fused-ring (bicyclic) bond motifs is 3. The average Bonchev–Trinajstić information content (AvgIpc) is 2.89. The van der Waals surface area contributed by atoms with Crippen LogP contribution in [0.4, 0.5) is 15.8 Å². The number of nitrogens with zero attached hydrogens (tertiary/aromatic N) is 4. The van der Waals surface area contributed by atoms with Crippen LogP contribution in [0.15, 0.2) is 66.9 Å². The number of aromatic nitrogens is 1. The molecular formula is C27H28FN5O3. The molecule has 0 saturated carbocycles. The van der Waals surface area contributed by atoms with E-state index in [0.717, 1.165) is 29.1 Å². The number of benzene rings is 2. The van der Waals surface area contributed by atoms with Crippen LogP contribution in [0.1, 0.15) is 16.8 Å². The zero-order valence-corrected chi connectivity index (χ0v) is 19.8. The van der Waals surface area contributed by atoms with Gasteiger partial charge in [-0.2, -0.15) is 0 Å². The molecule has 9 heteroatoms. The predicted molar refractivity (Wildman–Crippen MR) is 134 cm³/mol. The highest BCUT2D eigenvalue weighted by Gasteiger charge is 2.41. The molecule has 0 radical (unpaired) electrons. The predicted octanol–water partition coefficient (Wildman–Crippen LogP) is 3.35. The molecule has 3 heterocycles. The minimum Gasteiger partial charge on any atom is -0.365 e. The molecule has 5 rings (SSSR count). The fourth-order valence-electron chi connectivity index (χ4n) is 5.26. The molecule has 8 nitrogen and oxygen atoms in total. The molecule has 0 spiro atoms. The van der Waals surface area contributed by atoms with Crippen molar-refractivity contribution in [3.05, 3.63) is 99.6 Å². The summed E-state index contributed by atoms with van der Waals surface area (Å²) in [5.74, 6) is -0.662. The highest BCUT2D eigenvalue weighted by Crippen LogP contribution is 2.38. The molecule has 0 unspecified atom stereocenters. The van der Waals surface area contributed by atoms with Gasteiger partial charge in [-0.1, -0.05) is 18.2 Å². The molecule has 1 aromatic heterocycles. The fourth-order valence-corrected chi connectivity index (χ4v) is 5.26. The maximum Gasteiger partial charge on any atom is 0.269 e. The summed E-state index contributed by atoms with van der Waals surface area (Å²) in [6, 6.07) is 17.1. The number of nitro benzene ring substituents is 1. The van der Waals surface area contributed by atoms with Gasteiger partial charge >= 0.3 is 0 Å². The lowest BCUT2D eigenvalue weighted by molar-refractivity contribution is -0.384. The van der Waals surface area contributed by atoms with Gasteiger partial charge in [-0.3, -0.25) is 24.8 Å². The number of piperazine rings is 1. The van der Waals surface area contributed by atoms with E-state index in [4.69, 9.17) is 0 Å². The summed E-state index contributed by atoms with van der Waals surface area (Å²) in [7, 11) is 0. The number of nitrogens with one attached hydrogen (secondary N) is 1. The van der Waals surface area contributed by atoms with Crippen LogP contribution in [0.3, 0.4) is 0 Å². The lowest BCUT2D eigenvalue weighted by Gasteiger charge is -2.49. The van der Waals surface area contributed by atoms with E-state index in [1.165, 1.54) is 18.2 Å². The third-order valence-electron chi connectivity index (χ3n) is 7.05. The summed E-state index contributed by atoms with van der Waals surface area (Å²) in [4.78, 5) is 33.2. The van der Waals surface area contributed by atoms with E-state index in [-0.39, 0.29) is 29.4 Å². The molecular weight excluding hydrogens is 461 g/mol. The highest BCUT2D eigenvalue weighted by molar-refractivity contribution is 5.82. The van der Waals surface area contributed by atoms with Crippen LogP contribution in [-0.4, -0.2) is 52.9 Å². The molecule has 0 bridgehead atoms. The van der Waals surface area contributed by atoms with Crippen molar-refractivity contribution in [1.82, 2.24) is 15.2 Å². The Bertz CT molecular complexity index is 1240. The summed E-state index contributed by atoms with van der Waals surface area (Å²) < 4.78 is 13.3. The molecule has 2 aliphatic heterocycles. The number of anilines is 1. The fraction of sp³-hybridized carbons (Fsp3) is 0.333. The largest absolute Gasteiger partial charge is 0.365 e. The van der Waals surface area contributed by atoms with Crippen molar-refractivity contribution in [2.75, 3.05) is 31.1 Å². The number of non-ortho nitro benzene ring substituents is 1. The molecule has 1 saturated heterocycles. The maximum absolute atomic E-state index is 13.4. The van der Waals surface area contributed by atoms with Crippen LogP contribution < -0.4 is 10.2 Å². The van der Waals surface area contributed by atoms with Gasteiger partial charge in [0.1, 0.15) is 5.82 Å². The number of pyridine rings is 1. The molecule has 2 atom stereocenters. The quantitative estimate of drug-likeness (QED) is 0.404. The first-order chi connectivity index (χ1) is 17.5. The second kappa shape index (κ2) is 10.4. The van der Waals surface area contributed by atoms with Gasteiger partial charge in [0.2, 0.25) is 5.91 Å². The zero-order chi connectivity index (χ0) is 25.1. The topological polar surface area (TPSA) is 91.6 Å². The van der Waals surface area contributed by atoms with Crippen LogP contribution >= 0.6 is 0 Å². The molecule has 186 valence electrons. The van der Waals surface area contributed by atoms with E-state index < -0.39 is 4.92 Å². The number of hydrogen-bond acceptors (Lipinski definition) is 6. The van der Waals surface area contributed by atoms with Crippen LogP contribution in [-0.2, 0) is 24.2 Å². The number of halogens is 1. The van der Waals surface area contributed by atoms with E-state index in [1.54, 1.807) is 24.4 Å². The van der Waals surface area contributed by atoms with Crippen molar-refractivity contribution in [2.24, 2.45) is 5.92 Å². The number of carbonyl (C=O) groups is 1. The molecule has 3 aromatic rings. The maximum atomic E-state index is 13.4. The van der Waals surface area contributed by atoms with Crippen molar-refractivity contribution >= 4 is 17.3 Å². The number of nitro groups is 1. The molecule has 2 aliphatic rings. The third kappa shape index (κ3) is 5.21. The van der Waals surface area contributed by atoms with Gasteiger partial charge in [0, 0.05) is 68.9 Å². The molecule has 2 aromatic carbocycles. The summed E-state index contributed by atoms with van der Waals surface area (Å²) >= 11 is 0. The van der Waals surface area contributed by atoms with Crippen molar-refractivity contribution < 1.29 is 14.1 Å². The van der Waals surface area contributed by atoms with Gasteiger partial charge in [-0.15, -0.1) is 0 Å². The lowest BCUT2D eigenvalue weighted by Crippen LogP contribution is -2.61. The normalized spacial score (nSPS) is 19.3. The third-order valence-corrected chi connectivity index (χ3v) is 7.05. The Balaban J connectivity index is 1.35. The van der Waals surface area contributed by atoms with Gasteiger partial charge in [-0.25, -0.2) is 4.39 Å². The second-order valence-electron chi connectivity index (χ2n) is 9.37. The Morgan fingerprint density at radius 3 is 2.72 bits per heavy atom. The summed E-state index contributed by atoms with van der Waals surface area (Å²) in [6.07, 6.45) is 2.81. The standard InChI is InChI=1S/C27H28FN5O3/c28-21-6-4-19(5-7-21)17-31-13-14-32-25-9-8-23(33(35)36)15-20(25)16-24(26(32)18-31)27(34)30-12-10-22-3-1-2-11-29-22/h1-9,11,15,24,26H,10,12-14,16-18H2,(H,30,34)/t24-,26+/m1/s1. The molecule has 0 aliphatic carbocycles. The van der Waals surface area contributed by atoms with Crippen LogP contribution in [0.2, 0.25) is 0 Å². The minimum absolute atomic E-state index is 0.0384. The Labute approximate surface area is 208 Å². The van der Waals surface area contributed by atoms with Crippen molar-refractivity contribution in [2.45, 2.75) is 25.4 Å². The van der Waals surface area contributed by atoms with E-state index in [1.807, 2.05) is 24.3 Å². The first-order valence-corrected chi connectivity index (χ1v) is 12.2. The monoisotopic (exact) mass is 489 g/mol. The van der Waals surface area contributed by atoms with Crippen molar-refractivity contribution in [3.8, 4) is 0 Å². The summed E-state index contributed by atoms with van der Waals surface area (Å²) in [6.45, 7) is 3.30. The van der Waals surface area contributed by atoms with Gasteiger partial charge in [0.15, 0.2) is 0 Å². The summed E-state index contributed by atoms with van der Waals surface area (Å²) in [5, 5.41) is 14.4. The second-order valence-corrected chi connectivity index (χ2v) is 9.37. The number of carbonyl (C=O) groups excluding carboxylic acids is 1. The van der Waals surface area contributed by atoms with Crippen LogP contribution in [0.25, 0.3) is 0 Å². The van der Waals surface area contributed by atoms with Crippen LogP contribution in [0, 0.1) is 21.8 Å². The molecule has 1 amide bonds. The van der Waals surface area contributed by atoms with E-state index in [0.29, 0.717) is 39.0 Å². The molecule has 1 fully saturated rings. The van der Waals surface area contributed by atoms with Gasteiger partial charge < -0.3 is 10.2 Å². The zero-order valence-electron chi connectivity index (χ0n) is 19.8. The Morgan fingerprint density at radius 1 is 1.14 bits per heavy atom.